The maximum Gasteiger partial charge on any atom is 0.252 e. The van der Waals surface area contributed by atoms with Crippen LogP contribution in [0.15, 0.2) is 78.3 Å². The molecule has 1 heterocycles. The number of benzene rings is 3. The molecule has 4 rings (SSSR count). The van der Waals surface area contributed by atoms with E-state index in [0.29, 0.717) is 50.0 Å². The summed E-state index contributed by atoms with van der Waals surface area (Å²) in [6.45, 7) is 4.52. The van der Waals surface area contributed by atoms with Crippen molar-refractivity contribution in [1.29, 1.82) is 0 Å². The maximum absolute atomic E-state index is 13.9. The van der Waals surface area contributed by atoms with Crippen molar-refractivity contribution in [3.63, 3.8) is 0 Å². The van der Waals surface area contributed by atoms with Crippen LogP contribution >= 0.6 is 46.4 Å². The minimum absolute atomic E-state index is 0.0515. The predicted molar refractivity (Wildman–Crippen MR) is 156 cm³/mol. The summed E-state index contributed by atoms with van der Waals surface area (Å²) in [6, 6.07) is 17.3. The van der Waals surface area contributed by atoms with E-state index in [2.05, 4.69) is 11.9 Å². The second kappa shape index (κ2) is 13.1. The monoisotopic (exact) mass is 606 g/mol. The molecule has 1 amide bonds. The van der Waals surface area contributed by atoms with Crippen LogP contribution in [0.5, 0.6) is 5.75 Å². The van der Waals surface area contributed by atoms with Crippen LogP contribution in [-0.4, -0.2) is 35.7 Å². The Hall–Kier alpha value is -2.74. The Bertz CT molecular complexity index is 1380. The van der Waals surface area contributed by atoms with Gasteiger partial charge in [-0.05, 0) is 54.1 Å². The molecule has 2 atom stereocenters. The number of nitrogens with one attached hydrogen (secondary N) is 1. The summed E-state index contributed by atoms with van der Waals surface area (Å²) in [5.41, 5.74) is 0.590. The molecule has 0 saturated heterocycles. The topological polar surface area (TPSA) is 80.2 Å². The van der Waals surface area contributed by atoms with Crippen LogP contribution in [-0.2, 0) is 16.1 Å². The van der Waals surface area contributed by atoms with Crippen molar-refractivity contribution >= 4 is 58.2 Å². The van der Waals surface area contributed by atoms with Gasteiger partial charge in [0.2, 0.25) is 5.90 Å². The van der Waals surface area contributed by atoms with Crippen LogP contribution in [0.3, 0.4) is 0 Å². The molecule has 0 spiro atoms. The number of nitrogens with zero attached hydrogens (tertiary/aromatic N) is 1. The van der Waals surface area contributed by atoms with E-state index in [1.807, 2.05) is 0 Å². The number of aliphatic hydroxyl groups excluding tert-OH is 1. The number of aliphatic hydroxyl groups is 1. The van der Waals surface area contributed by atoms with Gasteiger partial charge in [0, 0.05) is 47.2 Å². The molecular weight excluding hydrogens is 582 g/mol. The molecule has 0 saturated carbocycles. The van der Waals surface area contributed by atoms with Gasteiger partial charge in [-0.1, -0.05) is 64.6 Å². The fraction of sp³-hybridized carbons (Fsp3) is 0.241. The van der Waals surface area contributed by atoms with E-state index < -0.39 is 11.6 Å². The Balaban J connectivity index is 1.69. The van der Waals surface area contributed by atoms with Crippen LogP contribution in [0.25, 0.3) is 0 Å². The molecular formula is C29H26Cl4N2O4. The average Bonchev–Trinajstić information content (AvgIpc) is 3.30. The van der Waals surface area contributed by atoms with Crippen LogP contribution in [0.1, 0.15) is 35.6 Å². The van der Waals surface area contributed by atoms with E-state index in [-0.39, 0.29) is 31.4 Å². The summed E-state index contributed by atoms with van der Waals surface area (Å²) in [5.74, 6) is 0.544. The van der Waals surface area contributed by atoms with Crippen LogP contribution < -0.4 is 10.1 Å². The summed E-state index contributed by atoms with van der Waals surface area (Å²) >= 11 is 24.9. The van der Waals surface area contributed by atoms with Crippen molar-refractivity contribution < 1.29 is 19.4 Å². The number of hydrogen-bond acceptors (Lipinski definition) is 5. The third-order valence-electron chi connectivity index (χ3n) is 6.17. The van der Waals surface area contributed by atoms with Crippen LogP contribution in [0.2, 0.25) is 20.1 Å². The normalized spacial score (nSPS) is 18.3. The van der Waals surface area contributed by atoms with E-state index in [4.69, 9.17) is 66.0 Å². The van der Waals surface area contributed by atoms with E-state index in [9.17, 15) is 4.79 Å². The smallest absolute Gasteiger partial charge is 0.252 e. The quantitative estimate of drug-likeness (QED) is 0.178. The van der Waals surface area contributed by atoms with Gasteiger partial charge < -0.3 is 19.9 Å². The molecule has 3 aromatic carbocycles. The minimum Gasteiger partial charge on any atom is -0.494 e. The van der Waals surface area contributed by atoms with Gasteiger partial charge in [-0.3, -0.25) is 4.79 Å². The lowest BCUT2D eigenvalue weighted by atomic mass is 9.84. The number of halogens is 4. The van der Waals surface area contributed by atoms with Crippen LogP contribution in [0.4, 0.5) is 0 Å². The molecule has 10 heteroatoms. The van der Waals surface area contributed by atoms with Crippen molar-refractivity contribution in [3.8, 4) is 5.75 Å². The Morgan fingerprint density at radius 1 is 1.05 bits per heavy atom. The highest BCUT2D eigenvalue weighted by Gasteiger charge is 2.53. The lowest BCUT2D eigenvalue weighted by molar-refractivity contribution is -0.129. The van der Waals surface area contributed by atoms with Crippen molar-refractivity contribution in [2.75, 3.05) is 13.2 Å². The van der Waals surface area contributed by atoms with Gasteiger partial charge in [-0.15, -0.1) is 6.58 Å². The number of rotatable bonds is 11. The Kier molecular flexibility index (Phi) is 9.81. The number of carbonyl (C=O) groups excluding carboxylic acids is 1. The first-order valence-corrected chi connectivity index (χ1v) is 13.7. The number of ether oxygens (including phenoxy) is 2. The first kappa shape index (κ1) is 29.2. The first-order valence-electron chi connectivity index (χ1n) is 12.2. The third-order valence-corrected chi connectivity index (χ3v) is 7.47. The van der Waals surface area contributed by atoms with Crippen molar-refractivity contribution in [1.82, 2.24) is 5.32 Å². The summed E-state index contributed by atoms with van der Waals surface area (Å²) in [5, 5.41) is 13.6. The number of hydrogen-bond donors (Lipinski definition) is 2. The van der Waals surface area contributed by atoms with Gasteiger partial charge in [0.15, 0.2) is 11.6 Å². The summed E-state index contributed by atoms with van der Waals surface area (Å²) < 4.78 is 12.0. The van der Waals surface area contributed by atoms with E-state index in [1.165, 1.54) is 0 Å². The van der Waals surface area contributed by atoms with E-state index in [1.54, 1.807) is 66.7 Å². The Morgan fingerprint density at radius 3 is 2.49 bits per heavy atom. The molecule has 1 aliphatic heterocycles. The highest BCUT2D eigenvalue weighted by molar-refractivity contribution is 6.42. The molecule has 0 fully saturated rings. The second-order valence-electron chi connectivity index (χ2n) is 8.88. The van der Waals surface area contributed by atoms with Gasteiger partial charge in [0.05, 0.1) is 16.7 Å². The summed E-state index contributed by atoms with van der Waals surface area (Å²) in [4.78, 5) is 18.8. The fourth-order valence-corrected chi connectivity index (χ4v) is 5.04. The van der Waals surface area contributed by atoms with Crippen molar-refractivity contribution in [2.45, 2.75) is 31.0 Å². The standard InChI is InChI=1S/C29H26Cl4N2O4/c1-2-12-29(28(37)34-17-18-4-11-23(31)25(33)15-18)26(22-10-7-20(30)16-24(22)32)39-27(35-29)19-5-8-21(9-6-19)38-14-3-13-36/h2,4-11,15-16,26,36H,1,3,12-14,17H2,(H,34,37)/t26-,29-/m1/s1. The Labute approximate surface area is 247 Å². The molecule has 0 aliphatic carbocycles. The predicted octanol–water partition coefficient (Wildman–Crippen LogP) is 7.21. The van der Waals surface area contributed by atoms with Gasteiger partial charge >= 0.3 is 0 Å². The Morgan fingerprint density at radius 2 is 1.82 bits per heavy atom. The zero-order valence-electron chi connectivity index (χ0n) is 20.8. The largest absolute Gasteiger partial charge is 0.494 e. The van der Waals surface area contributed by atoms with Gasteiger partial charge in [-0.2, -0.15) is 0 Å². The number of carbonyl (C=O) groups is 1. The van der Waals surface area contributed by atoms with E-state index >= 15 is 0 Å². The molecule has 3 aromatic rings. The fourth-order valence-electron chi connectivity index (χ4n) is 4.21. The molecule has 0 aromatic heterocycles. The van der Waals surface area contributed by atoms with Crippen molar-refractivity contribution in [3.05, 3.63) is 110 Å². The van der Waals surface area contributed by atoms with E-state index in [0.717, 1.165) is 5.56 Å². The number of amides is 1. The third kappa shape index (κ3) is 6.71. The first-order chi connectivity index (χ1) is 18.8. The summed E-state index contributed by atoms with van der Waals surface area (Å²) in [6.07, 6.45) is 1.48. The molecule has 0 radical (unpaired) electrons. The zero-order chi connectivity index (χ0) is 28.0. The lowest BCUT2D eigenvalue weighted by Crippen LogP contribution is -2.47. The van der Waals surface area contributed by atoms with Crippen molar-refractivity contribution in [2.24, 2.45) is 4.99 Å². The zero-order valence-corrected chi connectivity index (χ0v) is 23.8. The molecule has 6 nitrogen and oxygen atoms in total. The van der Waals surface area contributed by atoms with Crippen LogP contribution in [0, 0.1) is 0 Å². The highest BCUT2D eigenvalue weighted by Crippen LogP contribution is 2.45. The minimum atomic E-state index is -1.40. The average molecular weight is 608 g/mol. The molecule has 0 unspecified atom stereocenters. The van der Waals surface area contributed by atoms with Gasteiger partial charge in [0.25, 0.3) is 5.91 Å². The van der Waals surface area contributed by atoms with Gasteiger partial charge in [0.1, 0.15) is 5.75 Å². The molecule has 39 heavy (non-hydrogen) atoms. The molecule has 0 bridgehead atoms. The summed E-state index contributed by atoms with van der Waals surface area (Å²) in [7, 11) is 0. The molecule has 204 valence electrons. The van der Waals surface area contributed by atoms with Gasteiger partial charge in [-0.25, -0.2) is 4.99 Å². The molecule has 1 aliphatic rings. The second-order valence-corrected chi connectivity index (χ2v) is 10.5. The maximum atomic E-state index is 13.9. The number of aliphatic imine (C=N–C) groups is 1. The lowest BCUT2D eigenvalue weighted by Gasteiger charge is -2.30. The molecule has 2 N–H and O–H groups in total. The SMILES string of the molecule is C=CC[C@@]1(C(=O)NCc2ccc(Cl)c(Cl)c2)N=C(c2ccc(OCCCO)cc2)O[C@@H]1c1ccc(Cl)cc1Cl. The highest BCUT2D eigenvalue weighted by atomic mass is 35.5.